The van der Waals surface area contributed by atoms with E-state index in [0.29, 0.717) is 25.5 Å². The van der Waals surface area contributed by atoms with E-state index < -0.39 is 22.1 Å². The third kappa shape index (κ3) is 29.3. The molecule has 0 aliphatic carbocycles. The Balaban J connectivity index is -0.000000321. The van der Waals surface area contributed by atoms with Crippen LogP contribution < -0.4 is 0 Å². The number of unbranched alkanes of at least 4 members (excludes halogenated alkanes) is 1. The van der Waals surface area contributed by atoms with E-state index in [1.165, 1.54) is 0 Å². The van der Waals surface area contributed by atoms with Crippen LogP contribution in [0.1, 0.15) is 32.6 Å². The van der Waals surface area contributed by atoms with E-state index in [9.17, 15) is 18.0 Å². The molecule has 0 spiro atoms. The van der Waals surface area contributed by atoms with Crippen molar-refractivity contribution in [1.82, 2.24) is 0 Å². The first-order valence-corrected chi connectivity index (χ1v) is 6.76. The summed E-state index contributed by atoms with van der Waals surface area (Å²) in [5, 5.41) is 16.7. The smallest absolute Gasteiger partial charge is 0.306 e. The van der Waals surface area contributed by atoms with Gasteiger partial charge in [0.2, 0.25) is 0 Å². The maximum atomic E-state index is 10.3. The molecule has 0 aliphatic rings. The van der Waals surface area contributed by atoms with Gasteiger partial charge in [0.1, 0.15) is 0 Å². The van der Waals surface area contributed by atoms with Gasteiger partial charge in [-0.3, -0.25) is 14.1 Å². The van der Waals surface area contributed by atoms with Crippen LogP contribution >= 0.6 is 0 Å². The lowest BCUT2D eigenvalue weighted by Gasteiger charge is -2.03. The summed E-state index contributed by atoms with van der Waals surface area (Å²) in [5.41, 5.74) is 0. The van der Waals surface area contributed by atoms with Crippen LogP contribution in [0.4, 0.5) is 0 Å². The first-order valence-electron chi connectivity index (χ1n) is 4.91. The third-order valence-corrected chi connectivity index (χ3v) is 1.70. The molecule has 1 atom stereocenters. The Morgan fingerprint density at radius 2 is 1.56 bits per heavy atom. The molecule has 0 aliphatic heterocycles. The van der Waals surface area contributed by atoms with Gasteiger partial charge in [-0.1, -0.05) is 13.3 Å². The van der Waals surface area contributed by atoms with Crippen LogP contribution in [0.15, 0.2) is 0 Å². The van der Waals surface area contributed by atoms with Crippen molar-refractivity contribution in [1.29, 1.82) is 0 Å². The number of carboxylic acid groups (broad SMARTS) is 2. The zero-order chi connectivity index (χ0) is 14.1. The monoisotopic (exact) mass is 288 g/mol. The van der Waals surface area contributed by atoms with Crippen molar-refractivity contribution in [2.45, 2.75) is 32.6 Å². The molecule has 5 N–H and O–H groups in total. The van der Waals surface area contributed by atoms with Gasteiger partial charge in [-0.2, -0.15) is 8.42 Å². The van der Waals surface area contributed by atoms with Crippen molar-refractivity contribution in [3.63, 3.8) is 0 Å². The number of hydrogen-bond acceptors (Lipinski definition) is 4. The first kappa shape index (κ1) is 22.0. The minimum atomic E-state index is -3.67. The summed E-state index contributed by atoms with van der Waals surface area (Å²) in [6, 6.07) is 0. The van der Waals surface area contributed by atoms with Gasteiger partial charge in [0.15, 0.2) is 0 Å². The molecule has 9 heteroatoms. The Kier molecular flexibility index (Phi) is 13.4. The van der Waals surface area contributed by atoms with Gasteiger partial charge >= 0.3 is 11.9 Å². The zero-order valence-electron chi connectivity index (χ0n) is 10.3. The van der Waals surface area contributed by atoms with Crippen molar-refractivity contribution in [2.24, 2.45) is 5.92 Å². The molecule has 0 heterocycles. The van der Waals surface area contributed by atoms with Crippen molar-refractivity contribution in [3.05, 3.63) is 0 Å². The Bertz CT molecular complexity index is 326. The lowest BCUT2D eigenvalue weighted by atomic mass is 10.0. The second-order valence-corrected chi connectivity index (χ2v) is 5.08. The molecule has 0 saturated heterocycles. The predicted molar refractivity (Wildman–Crippen MR) is 64.0 cm³/mol. The molecule has 8 nitrogen and oxygen atoms in total. The highest BCUT2D eigenvalue weighted by Gasteiger charge is 2.09. The molecule has 18 heavy (non-hydrogen) atoms. The molecule has 0 aromatic carbocycles. The standard InChI is InChI=1S/C8H14O4.CH4O3S.H2O/c1-6(8(11)12)4-2-3-5-7(9)10;1-5(2,3)4;/h6H,2-5H2,1H3,(H,9,10)(H,11,12);1H3,(H,2,3,4);1H2. The van der Waals surface area contributed by atoms with Crippen LogP contribution in [0.3, 0.4) is 0 Å². The van der Waals surface area contributed by atoms with Crippen LogP contribution in [0.5, 0.6) is 0 Å². The van der Waals surface area contributed by atoms with Gasteiger partial charge in [-0.15, -0.1) is 0 Å². The average molecular weight is 288 g/mol. The SMILES string of the molecule is CC(CCCCC(=O)O)C(=O)O.CS(=O)(=O)O.O. The second kappa shape index (κ2) is 10.9. The van der Waals surface area contributed by atoms with Crippen LogP contribution in [0, 0.1) is 5.92 Å². The molecule has 0 saturated carbocycles. The molecule has 0 radical (unpaired) electrons. The topological polar surface area (TPSA) is 160 Å². The van der Waals surface area contributed by atoms with Crippen LogP contribution in [-0.2, 0) is 19.7 Å². The molecule has 0 rings (SSSR count). The number of aliphatic carboxylic acids is 2. The lowest BCUT2D eigenvalue weighted by molar-refractivity contribution is -0.141. The molecule has 0 bridgehead atoms. The van der Waals surface area contributed by atoms with Gasteiger partial charge in [0.05, 0.1) is 12.2 Å². The minimum absolute atomic E-state index is 0. The van der Waals surface area contributed by atoms with Crippen molar-refractivity contribution >= 4 is 22.1 Å². The van der Waals surface area contributed by atoms with E-state index in [0.717, 1.165) is 0 Å². The molecule has 0 aromatic heterocycles. The number of rotatable bonds is 6. The molecular weight excluding hydrogens is 268 g/mol. The van der Waals surface area contributed by atoms with E-state index in [1.807, 2.05) is 0 Å². The maximum absolute atomic E-state index is 10.3. The highest BCUT2D eigenvalue weighted by Crippen LogP contribution is 2.08. The van der Waals surface area contributed by atoms with Crippen molar-refractivity contribution < 1.29 is 38.2 Å². The molecule has 0 aromatic rings. The zero-order valence-corrected chi connectivity index (χ0v) is 11.1. The number of carbonyl (C=O) groups is 2. The fraction of sp³-hybridized carbons (Fsp3) is 0.778. The van der Waals surface area contributed by atoms with E-state index in [4.69, 9.17) is 14.8 Å². The third-order valence-electron chi connectivity index (χ3n) is 1.70. The van der Waals surface area contributed by atoms with Crippen LogP contribution in [0.2, 0.25) is 0 Å². The predicted octanol–water partition coefficient (Wildman–Crippen LogP) is 0.0314. The Hall–Kier alpha value is -1.19. The summed E-state index contributed by atoms with van der Waals surface area (Å²) in [4.78, 5) is 20.4. The summed E-state index contributed by atoms with van der Waals surface area (Å²) >= 11 is 0. The molecule has 0 fully saturated rings. The molecule has 1 unspecified atom stereocenters. The molecule has 0 amide bonds. The summed E-state index contributed by atoms with van der Waals surface area (Å²) < 4.78 is 25.9. The Labute approximate surface area is 106 Å². The second-order valence-electron chi connectivity index (χ2n) is 3.61. The number of carboxylic acids is 2. The summed E-state index contributed by atoms with van der Waals surface area (Å²) in [5.74, 6) is -2.00. The fourth-order valence-corrected chi connectivity index (χ4v) is 0.850. The normalized spacial score (nSPS) is 11.5. The van der Waals surface area contributed by atoms with Gasteiger partial charge in [-0.25, -0.2) is 0 Å². The van der Waals surface area contributed by atoms with Crippen LogP contribution in [-0.4, -0.2) is 46.9 Å². The molecule has 110 valence electrons. The Morgan fingerprint density at radius 1 is 1.17 bits per heavy atom. The first-order chi connectivity index (χ1) is 7.54. The number of hydrogen-bond donors (Lipinski definition) is 3. The average Bonchev–Trinajstić information content (AvgIpc) is 2.08. The largest absolute Gasteiger partial charge is 0.481 e. The van der Waals surface area contributed by atoms with Gasteiger partial charge in [-0.05, 0) is 12.8 Å². The fourth-order valence-electron chi connectivity index (χ4n) is 0.850. The highest BCUT2D eigenvalue weighted by molar-refractivity contribution is 7.85. The Morgan fingerprint density at radius 3 is 1.83 bits per heavy atom. The summed E-state index contributed by atoms with van der Waals surface area (Å²) in [6.07, 6.45) is 2.63. The summed E-state index contributed by atoms with van der Waals surface area (Å²) in [7, 11) is -3.67. The van der Waals surface area contributed by atoms with E-state index in [1.54, 1.807) is 6.92 Å². The van der Waals surface area contributed by atoms with E-state index >= 15 is 0 Å². The van der Waals surface area contributed by atoms with Crippen molar-refractivity contribution in [2.75, 3.05) is 6.26 Å². The van der Waals surface area contributed by atoms with Gasteiger partial charge < -0.3 is 15.7 Å². The van der Waals surface area contributed by atoms with Gasteiger partial charge in [0, 0.05) is 6.42 Å². The van der Waals surface area contributed by atoms with Crippen LogP contribution in [0.25, 0.3) is 0 Å². The van der Waals surface area contributed by atoms with E-state index in [-0.39, 0.29) is 17.8 Å². The van der Waals surface area contributed by atoms with Gasteiger partial charge in [0.25, 0.3) is 10.1 Å². The summed E-state index contributed by atoms with van der Waals surface area (Å²) in [6.45, 7) is 1.63. The van der Waals surface area contributed by atoms with E-state index in [2.05, 4.69) is 0 Å². The minimum Gasteiger partial charge on any atom is -0.481 e. The quantitative estimate of drug-likeness (QED) is 0.459. The van der Waals surface area contributed by atoms with Crippen molar-refractivity contribution in [3.8, 4) is 0 Å². The highest BCUT2D eigenvalue weighted by atomic mass is 32.2. The molecular formula is C9H20O8S. The lowest BCUT2D eigenvalue weighted by Crippen LogP contribution is -2.09. The maximum Gasteiger partial charge on any atom is 0.306 e.